The van der Waals surface area contributed by atoms with Crippen molar-refractivity contribution >= 4 is 35.2 Å². The van der Waals surface area contributed by atoms with Gasteiger partial charge in [-0.2, -0.15) is 4.98 Å². The third kappa shape index (κ3) is 3.63. The Kier molecular flexibility index (Phi) is 4.98. The first-order chi connectivity index (χ1) is 12.6. The van der Waals surface area contributed by atoms with Gasteiger partial charge in [0.2, 0.25) is 17.8 Å². The van der Waals surface area contributed by atoms with Gasteiger partial charge in [-0.05, 0) is 44.1 Å². The van der Waals surface area contributed by atoms with Gasteiger partial charge in [0.05, 0.1) is 5.92 Å². The molecule has 2 aliphatic heterocycles. The lowest BCUT2D eigenvalue weighted by atomic mass is 9.75. The molecule has 1 aliphatic carbocycles. The number of rotatable bonds is 4. The molecule has 4 rings (SSSR count). The van der Waals surface area contributed by atoms with Gasteiger partial charge in [0.1, 0.15) is 5.82 Å². The van der Waals surface area contributed by atoms with Crippen molar-refractivity contribution in [1.29, 1.82) is 0 Å². The second kappa shape index (κ2) is 7.39. The van der Waals surface area contributed by atoms with Gasteiger partial charge in [-0.3, -0.25) is 14.5 Å². The molecule has 26 heavy (non-hydrogen) atoms. The summed E-state index contributed by atoms with van der Waals surface area (Å²) in [6, 6.07) is 2.02. The largest absolute Gasteiger partial charge is 0.353 e. The normalized spacial score (nSPS) is 31.5. The fourth-order valence-corrected chi connectivity index (χ4v) is 4.65. The van der Waals surface area contributed by atoms with Crippen LogP contribution in [0, 0.1) is 11.8 Å². The molecule has 0 spiro atoms. The maximum atomic E-state index is 12.4. The highest BCUT2D eigenvalue weighted by molar-refractivity contribution is 6.20. The minimum Gasteiger partial charge on any atom is -0.353 e. The standard InChI is InChI=1S/C18H24ClN5O2/c19-13-3-4-14-11(9-13)8-12(17(26)22-14)10-21-18-20-6-5-15(23-18)24-7-1-2-16(24)25/h5-6,11-14H,1-4,7-10H2,(H,22,26)(H,20,21,23). The van der Waals surface area contributed by atoms with E-state index in [9.17, 15) is 9.59 Å². The lowest BCUT2D eigenvalue weighted by Crippen LogP contribution is -2.53. The van der Waals surface area contributed by atoms with Crippen LogP contribution in [0.25, 0.3) is 0 Å². The molecule has 1 saturated carbocycles. The number of anilines is 2. The number of nitrogens with zero attached hydrogens (tertiary/aromatic N) is 3. The minimum atomic E-state index is -0.112. The quantitative estimate of drug-likeness (QED) is 0.783. The minimum absolute atomic E-state index is 0.0950. The number of piperidine rings is 1. The van der Waals surface area contributed by atoms with Crippen LogP contribution in [-0.2, 0) is 9.59 Å². The second-order valence-corrected chi connectivity index (χ2v) is 8.10. The third-order valence-electron chi connectivity index (χ3n) is 5.70. The van der Waals surface area contributed by atoms with Crippen LogP contribution in [-0.4, -0.2) is 46.3 Å². The van der Waals surface area contributed by atoms with Gasteiger partial charge < -0.3 is 10.6 Å². The zero-order chi connectivity index (χ0) is 18.1. The van der Waals surface area contributed by atoms with E-state index >= 15 is 0 Å². The highest BCUT2D eigenvalue weighted by Gasteiger charge is 2.38. The first-order valence-corrected chi connectivity index (χ1v) is 9.85. The number of halogens is 1. The molecule has 3 heterocycles. The van der Waals surface area contributed by atoms with Gasteiger partial charge in [-0.25, -0.2) is 4.98 Å². The Labute approximate surface area is 157 Å². The molecule has 1 aromatic rings. The molecular formula is C18H24ClN5O2. The highest BCUT2D eigenvalue weighted by atomic mass is 35.5. The molecule has 2 N–H and O–H groups in total. The Balaban J connectivity index is 1.38. The molecule has 0 radical (unpaired) electrons. The van der Waals surface area contributed by atoms with Crippen LogP contribution < -0.4 is 15.5 Å². The van der Waals surface area contributed by atoms with Crippen molar-refractivity contribution in [2.75, 3.05) is 23.3 Å². The van der Waals surface area contributed by atoms with Gasteiger partial charge in [0, 0.05) is 37.1 Å². The van der Waals surface area contributed by atoms with Crippen molar-refractivity contribution in [1.82, 2.24) is 15.3 Å². The Morgan fingerprint density at radius 2 is 2.19 bits per heavy atom. The first kappa shape index (κ1) is 17.5. The molecule has 140 valence electrons. The molecule has 0 bridgehead atoms. The van der Waals surface area contributed by atoms with E-state index in [1.54, 1.807) is 17.2 Å². The molecule has 7 nitrogen and oxygen atoms in total. The fraction of sp³-hybridized carbons (Fsp3) is 0.667. The number of aromatic nitrogens is 2. The van der Waals surface area contributed by atoms with Crippen molar-refractivity contribution in [3.8, 4) is 0 Å². The monoisotopic (exact) mass is 377 g/mol. The molecule has 2 amide bonds. The molecular weight excluding hydrogens is 354 g/mol. The number of carbonyl (C=O) groups is 2. The van der Waals surface area contributed by atoms with Gasteiger partial charge in [-0.1, -0.05) is 0 Å². The lowest BCUT2D eigenvalue weighted by Gasteiger charge is -2.41. The summed E-state index contributed by atoms with van der Waals surface area (Å²) in [4.78, 5) is 34.6. The lowest BCUT2D eigenvalue weighted by molar-refractivity contribution is -0.129. The zero-order valence-corrected chi connectivity index (χ0v) is 15.4. The maximum Gasteiger partial charge on any atom is 0.228 e. The summed E-state index contributed by atoms with van der Waals surface area (Å²) < 4.78 is 0. The van der Waals surface area contributed by atoms with Gasteiger partial charge in [0.25, 0.3) is 0 Å². The summed E-state index contributed by atoms with van der Waals surface area (Å²) in [7, 11) is 0. The second-order valence-electron chi connectivity index (χ2n) is 7.49. The van der Waals surface area contributed by atoms with E-state index in [-0.39, 0.29) is 29.2 Å². The van der Waals surface area contributed by atoms with Crippen molar-refractivity contribution in [3.63, 3.8) is 0 Å². The van der Waals surface area contributed by atoms with Gasteiger partial charge in [0.15, 0.2) is 0 Å². The highest BCUT2D eigenvalue weighted by Crippen LogP contribution is 2.35. The van der Waals surface area contributed by atoms with E-state index in [1.165, 1.54) is 0 Å². The summed E-state index contributed by atoms with van der Waals surface area (Å²) in [5, 5.41) is 6.55. The van der Waals surface area contributed by atoms with E-state index in [0.717, 1.165) is 32.1 Å². The summed E-state index contributed by atoms with van der Waals surface area (Å²) in [5.41, 5.74) is 0. The predicted molar refractivity (Wildman–Crippen MR) is 99.1 cm³/mol. The molecule has 0 aromatic carbocycles. The third-order valence-corrected chi connectivity index (χ3v) is 6.10. The number of hydrogen-bond acceptors (Lipinski definition) is 5. The van der Waals surface area contributed by atoms with Crippen LogP contribution in [0.15, 0.2) is 12.3 Å². The number of alkyl halides is 1. The molecule has 1 aromatic heterocycles. The fourth-order valence-electron chi connectivity index (χ4n) is 4.30. The van der Waals surface area contributed by atoms with Crippen LogP contribution in [0.1, 0.15) is 38.5 Å². The zero-order valence-electron chi connectivity index (χ0n) is 14.7. The van der Waals surface area contributed by atoms with Crippen molar-refractivity contribution in [2.24, 2.45) is 11.8 Å². The van der Waals surface area contributed by atoms with E-state index in [1.807, 2.05) is 0 Å². The Morgan fingerprint density at radius 3 is 3.00 bits per heavy atom. The summed E-state index contributed by atoms with van der Waals surface area (Å²) in [6.07, 6.45) is 6.83. The van der Waals surface area contributed by atoms with E-state index in [0.29, 0.717) is 37.2 Å². The number of fused-ring (bicyclic) bond motifs is 1. The van der Waals surface area contributed by atoms with Crippen molar-refractivity contribution in [3.05, 3.63) is 12.3 Å². The SMILES string of the molecule is O=C1NC2CCC(Cl)CC2CC1CNc1nccc(N2CCCC2=O)n1. The van der Waals surface area contributed by atoms with Crippen LogP contribution in [0.2, 0.25) is 0 Å². The number of carbonyl (C=O) groups excluding carboxylic acids is 2. The topological polar surface area (TPSA) is 87.2 Å². The van der Waals surface area contributed by atoms with Crippen molar-refractivity contribution < 1.29 is 9.59 Å². The molecule has 3 aliphatic rings. The maximum absolute atomic E-state index is 12.4. The average Bonchev–Trinajstić information content (AvgIpc) is 3.06. The Morgan fingerprint density at radius 1 is 1.31 bits per heavy atom. The molecule has 8 heteroatoms. The first-order valence-electron chi connectivity index (χ1n) is 9.42. The van der Waals surface area contributed by atoms with Gasteiger partial charge in [-0.15, -0.1) is 11.6 Å². The molecule has 4 atom stereocenters. The molecule has 4 unspecified atom stereocenters. The van der Waals surface area contributed by atoms with Crippen LogP contribution in [0.5, 0.6) is 0 Å². The van der Waals surface area contributed by atoms with Gasteiger partial charge >= 0.3 is 0 Å². The predicted octanol–water partition coefficient (Wildman–Crippen LogP) is 1.93. The summed E-state index contributed by atoms with van der Waals surface area (Å²) in [6.45, 7) is 1.18. The molecule has 3 fully saturated rings. The molecule has 2 saturated heterocycles. The van der Waals surface area contributed by atoms with Crippen molar-refractivity contribution in [2.45, 2.75) is 49.9 Å². The van der Waals surface area contributed by atoms with E-state index in [2.05, 4.69) is 20.6 Å². The smallest absolute Gasteiger partial charge is 0.228 e. The summed E-state index contributed by atoms with van der Waals surface area (Å²) in [5.74, 6) is 1.61. The van der Waals surface area contributed by atoms with Crippen LogP contribution in [0.4, 0.5) is 11.8 Å². The van der Waals surface area contributed by atoms with E-state index < -0.39 is 0 Å². The average molecular weight is 378 g/mol. The summed E-state index contributed by atoms with van der Waals surface area (Å²) >= 11 is 6.30. The Bertz CT molecular complexity index is 700. The van der Waals surface area contributed by atoms with Crippen LogP contribution in [0.3, 0.4) is 0 Å². The van der Waals surface area contributed by atoms with E-state index in [4.69, 9.17) is 11.6 Å². The number of amides is 2. The van der Waals surface area contributed by atoms with Crippen LogP contribution >= 0.6 is 11.6 Å². The Hall–Kier alpha value is -1.89. The number of nitrogens with one attached hydrogen (secondary N) is 2. The number of hydrogen-bond donors (Lipinski definition) is 2.